The molecule has 0 saturated carbocycles. The fraction of sp³-hybridized carbons (Fsp3) is 0.333. The molecule has 0 unspecified atom stereocenters. The highest BCUT2D eigenvalue weighted by molar-refractivity contribution is 7.99. The standard InChI is InChI=1S/C12H14O3S/c1-15-12(14)7-4-8-16-11-6-3-2-5-10(11)9-13/h2-3,5-6,9H,4,7-8H2,1H3. The van der Waals surface area contributed by atoms with Gasteiger partial charge in [-0.05, 0) is 18.2 Å². The van der Waals surface area contributed by atoms with Crippen LogP contribution < -0.4 is 0 Å². The molecule has 4 heteroatoms. The summed E-state index contributed by atoms with van der Waals surface area (Å²) >= 11 is 1.59. The van der Waals surface area contributed by atoms with Crippen LogP contribution in [0.1, 0.15) is 23.2 Å². The lowest BCUT2D eigenvalue weighted by molar-refractivity contribution is -0.140. The van der Waals surface area contributed by atoms with E-state index in [1.807, 2.05) is 18.2 Å². The van der Waals surface area contributed by atoms with Crippen molar-refractivity contribution in [2.45, 2.75) is 17.7 Å². The van der Waals surface area contributed by atoms with Crippen LogP contribution in [0, 0.1) is 0 Å². The van der Waals surface area contributed by atoms with Crippen molar-refractivity contribution < 1.29 is 14.3 Å². The van der Waals surface area contributed by atoms with Crippen molar-refractivity contribution in [2.75, 3.05) is 12.9 Å². The van der Waals surface area contributed by atoms with Gasteiger partial charge >= 0.3 is 5.97 Å². The second-order valence-electron chi connectivity index (χ2n) is 3.18. The number of aldehydes is 1. The average molecular weight is 238 g/mol. The molecule has 0 bridgehead atoms. The van der Waals surface area contributed by atoms with E-state index in [2.05, 4.69) is 4.74 Å². The second-order valence-corrected chi connectivity index (χ2v) is 4.32. The first kappa shape index (κ1) is 12.8. The molecule has 0 spiro atoms. The number of rotatable bonds is 6. The highest BCUT2D eigenvalue weighted by Crippen LogP contribution is 2.22. The minimum absolute atomic E-state index is 0.190. The Morgan fingerprint density at radius 2 is 2.19 bits per heavy atom. The van der Waals surface area contributed by atoms with Gasteiger partial charge in [-0.3, -0.25) is 9.59 Å². The van der Waals surface area contributed by atoms with E-state index in [1.54, 1.807) is 17.8 Å². The van der Waals surface area contributed by atoms with Crippen LogP contribution in [0.2, 0.25) is 0 Å². The van der Waals surface area contributed by atoms with Crippen LogP contribution >= 0.6 is 11.8 Å². The summed E-state index contributed by atoms with van der Waals surface area (Å²) in [6.07, 6.45) is 2.03. The molecular weight excluding hydrogens is 224 g/mol. The molecule has 1 rings (SSSR count). The fourth-order valence-corrected chi connectivity index (χ4v) is 2.18. The van der Waals surface area contributed by atoms with Crippen molar-refractivity contribution in [3.63, 3.8) is 0 Å². The first-order valence-electron chi connectivity index (χ1n) is 5.01. The maximum atomic E-state index is 10.9. The zero-order valence-corrected chi connectivity index (χ0v) is 9.96. The topological polar surface area (TPSA) is 43.4 Å². The molecule has 16 heavy (non-hydrogen) atoms. The van der Waals surface area contributed by atoms with E-state index in [1.165, 1.54) is 7.11 Å². The van der Waals surface area contributed by atoms with Crippen LogP contribution in [0.5, 0.6) is 0 Å². The van der Waals surface area contributed by atoms with Gasteiger partial charge in [-0.2, -0.15) is 0 Å². The van der Waals surface area contributed by atoms with Crippen molar-refractivity contribution in [1.82, 2.24) is 0 Å². The van der Waals surface area contributed by atoms with E-state index in [0.29, 0.717) is 12.0 Å². The lowest BCUT2D eigenvalue weighted by Crippen LogP contribution is -2.00. The van der Waals surface area contributed by atoms with E-state index >= 15 is 0 Å². The summed E-state index contributed by atoms with van der Waals surface area (Å²) in [6.45, 7) is 0. The molecule has 0 aliphatic rings. The molecule has 0 saturated heterocycles. The lowest BCUT2D eigenvalue weighted by atomic mass is 10.2. The number of carbonyl (C=O) groups is 2. The maximum absolute atomic E-state index is 10.9. The quantitative estimate of drug-likeness (QED) is 0.330. The number of carbonyl (C=O) groups excluding carboxylic acids is 2. The highest BCUT2D eigenvalue weighted by atomic mass is 32.2. The average Bonchev–Trinajstić information content (AvgIpc) is 2.34. The third-order valence-electron chi connectivity index (χ3n) is 2.06. The Balaban J connectivity index is 2.37. The molecule has 0 aliphatic heterocycles. The number of hydrogen-bond donors (Lipinski definition) is 0. The molecule has 1 aromatic rings. The molecular formula is C12H14O3S. The Labute approximate surface area is 99.2 Å². The van der Waals surface area contributed by atoms with Gasteiger partial charge in [0.2, 0.25) is 0 Å². The Bertz CT molecular complexity index is 363. The number of benzene rings is 1. The number of ether oxygens (including phenoxy) is 1. The van der Waals surface area contributed by atoms with E-state index in [-0.39, 0.29) is 5.97 Å². The number of esters is 1. The van der Waals surface area contributed by atoms with Crippen molar-refractivity contribution in [1.29, 1.82) is 0 Å². The maximum Gasteiger partial charge on any atom is 0.305 e. The van der Waals surface area contributed by atoms with Crippen LogP contribution in [0.15, 0.2) is 29.2 Å². The summed E-state index contributed by atoms with van der Waals surface area (Å²) < 4.78 is 4.54. The van der Waals surface area contributed by atoms with Crippen LogP contribution in [-0.4, -0.2) is 25.1 Å². The van der Waals surface area contributed by atoms with Crippen molar-refractivity contribution >= 4 is 24.0 Å². The molecule has 0 amide bonds. The van der Waals surface area contributed by atoms with Gasteiger partial charge in [-0.1, -0.05) is 18.2 Å². The third-order valence-corrected chi connectivity index (χ3v) is 3.23. The van der Waals surface area contributed by atoms with Crippen LogP contribution in [0.25, 0.3) is 0 Å². The Hall–Kier alpha value is -1.29. The lowest BCUT2D eigenvalue weighted by Gasteiger charge is -2.03. The zero-order chi connectivity index (χ0) is 11.8. The SMILES string of the molecule is COC(=O)CCCSc1ccccc1C=O. The molecule has 0 heterocycles. The van der Waals surface area contributed by atoms with E-state index in [4.69, 9.17) is 0 Å². The molecule has 0 atom stereocenters. The largest absolute Gasteiger partial charge is 0.469 e. The van der Waals surface area contributed by atoms with Gasteiger partial charge in [0.05, 0.1) is 7.11 Å². The first-order chi connectivity index (χ1) is 7.77. The molecule has 0 aliphatic carbocycles. The number of thioether (sulfide) groups is 1. The van der Waals surface area contributed by atoms with Crippen molar-refractivity contribution in [3.8, 4) is 0 Å². The van der Waals surface area contributed by atoms with Crippen LogP contribution in [-0.2, 0) is 9.53 Å². The van der Waals surface area contributed by atoms with Gasteiger partial charge in [0.1, 0.15) is 0 Å². The minimum atomic E-state index is -0.190. The summed E-state index contributed by atoms with van der Waals surface area (Å²) in [6, 6.07) is 7.43. The predicted molar refractivity (Wildman–Crippen MR) is 63.8 cm³/mol. The van der Waals surface area contributed by atoms with Crippen LogP contribution in [0.4, 0.5) is 0 Å². The summed E-state index contributed by atoms with van der Waals surface area (Å²) in [5.41, 5.74) is 0.700. The molecule has 1 aromatic carbocycles. The van der Waals surface area contributed by atoms with E-state index < -0.39 is 0 Å². The van der Waals surface area contributed by atoms with Gasteiger partial charge in [-0.15, -0.1) is 11.8 Å². The monoisotopic (exact) mass is 238 g/mol. The highest BCUT2D eigenvalue weighted by Gasteiger charge is 2.03. The minimum Gasteiger partial charge on any atom is -0.469 e. The van der Waals surface area contributed by atoms with Crippen molar-refractivity contribution in [2.24, 2.45) is 0 Å². The Morgan fingerprint density at radius 1 is 1.44 bits per heavy atom. The van der Waals surface area contributed by atoms with E-state index in [9.17, 15) is 9.59 Å². The summed E-state index contributed by atoms with van der Waals surface area (Å²) in [5, 5.41) is 0. The molecule has 86 valence electrons. The van der Waals surface area contributed by atoms with Gasteiger partial charge in [0.25, 0.3) is 0 Å². The Kier molecular flexibility index (Phi) is 5.64. The summed E-state index contributed by atoms with van der Waals surface area (Å²) in [5.74, 6) is 0.615. The van der Waals surface area contributed by atoms with Crippen molar-refractivity contribution in [3.05, 3.63) is 29.8 Å². The van der Waals surface area contributed by atoms with E-state index in [0.717, 1.165) is 23.4 Å². The van der Waals surface area contributed by atoms with Gasteiger partial charge in [0.15, 0.2) is 6.29 Å². The van der Waals surface area contributed by atoms with Gasteiger partial charge in [0, 0.05) is 16.9 Å². The molecule has 3 nitrogen and oxygen atoms in total. The smallest absolute Gasteiger partial charge is 0.305 e. The first-order valence-corrected chi connectivity index (χ1v) is 6.00. The number of methoxy groups -OCH3 is 1. The Morgan fingerprint density at radius 3 is 2.88 bits per heavy atom. The molecule has 0 radical (unpaired) electrons. The molecule has 0 aromatic heterocycles. The molecule has 0 fully saturated rings. The number of hydrogen-bond acceptors (Lipinski definition) is 4. The summed E-state index contributed by atoms with van der Waals surface area (Å²) in [4.78, 5) is 22.5. The second kappa shape index (κ2) is 7.06. The summed E-state index contributed by atoms with van der Waals surface area (Å²) in [7, 11) is 1.39. The predicted octanol–water partition coefficient (Wildman–Crippen LogP) is 2.54. The van der Waals surface area contributed by atoms with Gasteiger partial charge < -0.3 is 4.74 Å². The zero-order valence-electron chi connectivity index (χ0n) is 9.14. The molecule has 0 N–H and O–H groups in total. The normalized spacial score (nSPS) is 9.81. The fourth-order valence-electron chi connectivity index (χ4n) is 1.21. The third kappa shape index (κ3) is 4.06. The van der Waals surface area contributed by atoms with Gasteiger partial charge in [-0.25, -0.2) is 0 Å². The van der Waals surface area contributed by atoms with Crippen LogP contribution in [0.3, 0.4) is 0 Å².